The van der Waals surface area contributed by atoms with Crippen molar-refractivity contribution < 1.29 is 4.79 Å². The molecule has 150 valence electrons. The standard InChI is InChI=1S/C24H22N4OS/c1-15-3-7-17(8-4-15)14-30-24-26-23-25-21-11-19(18-9-5-16(2)6-10-18)12-22(29)20(21)13-28(23)27-24/h3-10,13,19H,11-12,14H2,1-2H3. The van der Waals surface area contributed by atoms with Gasteiger partial charge >= 0.3 is 0 Å². The van der Waals surface area contributed by atoms with Gasteiger partial charge in [0.2, 0.25) is 5.16 Å². The zero-order chi connectivity index (χ0) is 20.7. The number of hydrogen-bond donors (Lipinski definition) is 0. The van der Waals surface area contributed by atoms with Crippen LogP contribution in [0.2, 0.25) is 0 Å². The molecule has 1 unspecified atom stereocenters. The Kier molecular flexibility index (Phi) is 4.87. The van der Waals surface area contributed by atoms with Crippen LogP contribution in [0.15, 0.2) is 59.9 Å². The number of hydrogen-bond acceptors (Lipinski definition) is 5. The number of carbonyl (C=O) groups excluding carboxylic acids is 1. The first-order valence-electron chi connectivity index (χ1n) is 10.1. The first-order valence-corrected chi connectivity index (χ1v) is 11.1. The maximum absolute atomic E-state index is 12.8. The van der Waals surface area contributed by atoms with Gasteiger partial charge in [-0.2, -0.15) is 4.98 Å². The second-order valence-corrected chi connectivity index (χ2v) is 8.90. The number of thioether (sulfide) groups is 1. The predicted molar refractivity (Wildman–Crippen MR) is 118 cm³/mol. The summed E-state index contributed by atoms with van der Waals surface area (Å²) in [5, 5.41) is 5.20. The number of benzene rings is 2. The van der Waals surface area contributed by atoms with Gasteiger partial charge < -0.3 is 0 Å². The number of aryl methyl sites for hydroxylation is 2. The zero-order valence-electron chi connectivity index (χ0n) is 17.0. The van der Waals surface area contributed by atoms with Crippen molar-refractivity contribution in [1.82, 2.24) is 19.6 Å². The molecule has 5 rings (SSSR count). The van der Waals surface area contributed by atoms with E-state index in [1.54, 1.807) is 22.5 Å². The minimum atomic E-state index is 0.126. The molecule has 0 N–H and O–H groups in total. The average molecular weight is 415 g/mol. The summed E-state index contributed by atoms with van der Waals surface area (Å²) in [7, 11) is 0. The molecule has 0 spiro atoms. The number of Topliss-reactive ketones (excluding diaryl/α,β-unsaturated/α-hetero) is 1. The minimum Gasteiger partial charge on any atom is -0.294 e. The van der Waals surface area contributed by atoms with Crippen molar-refractivity contribution in [2.24, 2.45) is 0 Å². The van der Waals surface area contributed by atoms with E-state index < -0.39 is 0 Å². The average Bonchev–Trinajstić information content (AvgIpc) is 3.14. The van der Waals surface area contributed by atoms with Gasteiger partial charge in [0, 0.05) is 18.4 Å². The van der Waals surface area contributed by atoms with Gasteiger partial charge in [-0.3, -0.25) is 4.79 Å². The molecule has 0 bridgehead atoms. The van der Waals surface area contributed by atoms with Crippen LogP contribution in [0, 0.1) is 13.8 Å². The molecule has 6 heteroatoms. The lowest BCUT2D eigenvalue weighted by Gasteiger charge is -2.23. The number of ketones is 1. The fourth-order valence-electron chi connectivity index (χ4n) is 3.83. The van der Waals surface area contributed by atoms with Gasteiger partial charge in [-0.15, -0.1) is 5.10 Å². The molecule has 30 heavy (non-hydrogen) atoms. The van der Waals surface area contributed by atoms with E-state index in [4.69, 9.17) is 4.98 Å². The molecule has 0 saturated carbocycles. The van der Waals surface area contributed by atoms with Crippen LogP contribution in [-0.4, -0.2) is 25.4 Å². The molecule has 5 nitrogen and oxygen atoms in total. The third kappa shape index (κ3) is 3.75. The summed E-state index contributed by atoms with van der Waals surface area (Å²) in [4.78, 5) is 22.1. The van der Waals surface area contributed by atoms with E-state index in [1.807, 2.05) is 0 Å². The van der Waals surface area contributed by atoms with Crippen LogP contribution in [0.3, 0.4) is 0 Å². The van der Waals surface area contributed by atoms with E-state index in [0.29, 0.717) is 22.9 Å². The van der Waals surface area contributed by atoms with Crippen LogP contribution < -0.4 is 0 Å². The van der Waals surface area contributed by atoms with Crippen molar-refractivity contribution in [2.75, 3.05) is 0 Å². The predicted octanol–water partition coefficient (Wildman–Crippen LogP) is 4.95. The molecular weight excluding hydrogens is 392 g/mol. The number of carbonyl (C=O) groups is 1. The van der Waals surface area contributed by atoms with Crippen LogP contribution in [0.5, 0.6) is 0 Å². The summed E-state index contributed by atoms with van der Waals surface area (Å²) < 4.78 is 1.64. The van der Waals surface area contributed by atoms with Gasteiger partial charge in [-0.05, 0) is 37.3 Å². The first-order chi connectivity index (χ1) is 14.5. The molecule has 2 aromatic carbocycles. The monoisotopic (exact) mass is 414 g/mol. The van der Waals surface area contributed by atoms with Crippen LogP contribution >= 0.6 is 11.8 Å². The Morgan fingerprint density at radius 3 is 2.40 bits per heavy atom. The topological polar surface area (TPSA) is 60.1 Å². The Morgan fingerprint density at radius 1 is 0.967 bits per heavy atom. The van der Waals surface area contributed by atoms with Crippen molar-refractivity contribution in [1.29, 1.82) is 0 Å². The molecule has 4 aromatic rings. The van der Waals surface area contributed by atoms with Crippen molar-refractivity contribution >= 4 is 23.3 Å². The summed E-state index contributed by atoms with van der Waals surface area (Å²) >= 11 is 1.58. The van der Waals surface area contributed by atoms with Gasteiger partial charge in [0.05, 0.1) is 11.3 Å². The summed E-state index contributed by atoms with van der Waals surface area (Å²) in [5.41, 5.74) is 6.39. The van der Waals surface area contributed by atoms with Gasteiger partial charge in [0.15, 0.2) is 5.78 Å². The number of aromatic nitrogens is 4. The van der Waals surface area contributed by atoms with Crippen LogP contribution in [0.25, 0.3) is 5.78 Å². The summed E-state index contributed by atoms with van der Waals surface area (Å²) in [6.45, 7) is 4.15. The van der Waals surface area contributed by atoms with Crippen molar-refractivity contribution in [3.05, 3.63) is 88.2 Å². The van der Waals surface area contributed by atoms with Crippen molar-refractivity contribution in [3.8, 4) is 0 Å². The van der Waals surface area contributed by atoms with Crippen LogP contribution in [0.1, 0.15) is 50.6 Å². The van der Waals surface area contributed by atoms with E-state index in [9.17, 15) is 4.79 Å². The zero-order valence-corrected chi connectivity index (χ0v) is 17.8. The molecule has 0 aliphatic heterocycles. The molecule has 1 aliphatic rings. The SMILES string of the molecule is Cc1ccc(CSc2nc3nc4c(cn3n2)C(=O)CC(c2ccc(C)cc2)C4)cc1. The molecule has 2 aromatic heterocycles. The fourth-order valence-corrected chi connectivity index (χ4v) is 4.61. The highest BCUT2D eigenvalue weighted by Gasteiger charge is 2.28. The highest BCUT2D eigenvalue weighted by molar-refractivity contribution is 7.98. The lowest BCUT2D eigenvalue weighted by atomic mass is 9.82. The third-order valence-electron chi connectivity index (χ3n) is 5.60. The maximum atomic E-state index is 12.8. The van der Waals surface area contributed by atoms with Crippen LogP contribution in [-0.2, 0) is 12.2 Å². The lowest BCUT2D eigenvalue weighted by molar-refractivity contribution is 0.0962. The van der Waals surface area contributed by atoms with E-state index >= 15 is 0 Å². The number of rotatable bonds is 4. The minimum absolute atomic E-state index is 0.126. The Labute approximate surface area is 179 Å². The molecule has 0 fully saturated rings. The molecule has 0 amide bonds. The van der Waals surface area contributed by atoms with E-state index in [0.717, 1.165) is 17.9 Å². The normalized spacial score (nSPS) is 16.1. The smallest absolute Gasteiger partial charge is 0.253 e. The third-order valence-corrected chi connectivity index (χ3v) is 6.51. The Hall–Kier alpha value is -2.99. The van der Waals surface area contributed by atoms with E-state index in [1.165, 1.54) is 22.3 Å². The Bertz CT molecular complexity index is 1230. The Morgan fingerprint density at radius 2 is 1.67 bits per heavy atom. The van der Waals surface area contributed by atoms with Gasteiger partial charge in [0.1, 0.15) is 0 Å². The fraction of sp³-hybridized carbons (Fsp3) is 0.250. The Balaban J connectivity index is 1.39. The van der Waals surface area contributed by atoms with E-state index in [-0.39, 0.29) is 11.7 Å². The van der Waals surface area contributed by atoms with Gasteiger partial charge in [0.25, 0.3) is 5.78 Å². The molecule has 2 heterocycles. The first kappa shape index (κ1) is 19.0. The molecule has 1 aliphatic carbocycles. The van der Waals surface area contributed by atoms with Crippen molar-refractivity contribution in [2.45, 2.75) is 43.5 Å². The summed E-state index contributed by atoms with van der Waals surface area (Å²) in [5.74, 6) is 1.64. The van der Waals surface area contributed by atoms with Gasteiger partial charge in [-0.25, -0.2) is 9.50 Å². The maximum Gasteiger partial charge on any atom is 0.253 e. The second kappa shape index (κ2) is 7.69. The summed E-state index contributed by atoms with van der Waals surface area (Å²) in [6, 6.07) is 16.9. The second-order valence-electron chi connectivity index (χ2n) is 7.95. The lowest BCUT2D eigenvalue weighted by Crippen LogP contribution is -2.21. The number of nitrogens with zero attached hydrogens (tertiary/aromatic N) is 4. The highest BCUT2D eigenvalue weighted by Crippen LogP contribution is 2.32. The molecule has 0 saturated heterocycles. The molecular formula is C24H22N4OS. The number of fused-ring (bicyclic) bond motifs is 2. The molecule has 1 atom stereocenters. The van der Waals surface area contributed by atoms with Crippen molar-refractivity contribution in [3.63, 3.8) is 0 Å². The summed E-state index contributed by atoms with van der Waals surface area (Å²) in [6.07, 6.45) is 3.06. The van der Waals surface area contributed by atoms with Crippen LogP contribution in [0.4, 0.5) is 0 Å². The van der Waals surface area contributed by atoms with Gasteiger partial charge in [-0.1, -0.05) is 71.4 Å². The largest absolute Gasteiger partial charge is 0.294 e. The van der Waals surface area contributed by atoms with E-state index in [2.05, 4.69) is 72.5 Å². The molecule has 0 radical (unpaired) electrons. The highest BCUT2D eigenvalue weighted by atomic mass is 32.2. The quantitative estimate of drug-likeness (QED) is 0.442.